The highest BCUT2D eigenvalue weighted by atomic mass is 19.1. The van der Waals surface area contributed by atoms with Crippen molar-refractivity contribution in [3.8, 4) is 0 Å². The molecule has 0 atom stereocenters. The van der Waals surface area contributed by atoms with Crippen molar-refractivity contribution in [2.45, 2.75) is 13.5 Å². The van der Waals surface area contributed by atoms with Crippen LogP contribution in [0.1, 0.15) is 5.56 Å². The van der Waals surface area contributed by atoms with Crippen LogP contribution in [0.15, 0.2) is 12.1 Å². The SMILES string of the molecule is Cc1cc2c(cc1F)nc(N)n2CCNC(=O)N(C)C. The smallest absolute Gasteiger partial charge is 0.316 e. The Hall–Kier alpha value is -2.31. The van der Waals surface area contributed by atoms with Gasteiger partial charge in [-0.1, -0.05) is 0 Å². The molecule has 2 aromatic rings. The third kappa shape index (κ3) is 2.66. The molecule has 2 rings (SSSR count). The first-order chi connectivity index (χ1) is 9.40. The first kappa shape index (κ1) is 14.1. The third-order valence-electron chi connectivity index (χ3n) is 3.08. The standard InChI is InChI=1S/C13H18FN5O/c1-8-6-11-10(7-9(8)14)17-12(15)19(11)5-4-16-13(20)18(2)3/h6-7H,4-5H2,1-3H3,(H2,15,17)(H,16,20). The van der Waals surface area contributed by atoms with Crippen LogP contribution in [-0.2, 0) is 6.54 Å². The fourth-order valence-corrected chi connectivity index (χ4v) is 1.94. The van der Waals surface area contributed by atoms with Crippen molar-refractivity contribution >= 4 is 23.0 Å². The molecule has 0 fully saturated rings. The first-order valence-electron chi connectivity index (χ1n) is 6.27. The first-order valence-corrected chi connectivity index (χ1v) is 6.27. The Labute approximate surface area is 116 Å². The van der Waals surface area contributed by atoms with E-state index in [1.165, 1.54) is 11.0 Å². The number of rotatable bonds is 3. The molecule has 0 saturated carbocycles. The number of benzene rings is 1. The Bertz CT molecular complexity index is 650. The van der Waals surface area contributed by atoms with E-state index in [-0.39, 0.29) is 11.8 Å². The lowest BCUT2D eigenvalue weighted by Crippen LogP contribution is -2.36. The summed E-state index contributed by atoms with van der Waals surface area (Å²) in [4.78, 5) is 17.0. The maximum atomic E-state index is 13.5. The number of nitrogens with two attached hydrogens (primary N) is 1. The van der Waals surface area contributed by atoms with Crippen LogP contribution in [0, 0.1) is 12.7 Å². The Kier molecular flexibility index (Phi) is 3.78. The van der Waals surface area contributed by atoms with Crippen molar-refractivity contribution in [3.05, 3.63) is 23.5 Å². The number of amides is 2. The van der Waals surface area contributed by atoms with Crippen LogP contribution in [0.4, 0.5) is 15.1 Å². The van der Waals surface area contributed by atoms with Gasteiger partial charge in [0.15, 0.2) is 0 Å². The van der Waals surface area contributed by atoms with E-state index in [9.17, 15) is 9.18 Å². The summed E-state index contributed by atoms with van der Waals surface area (Å²) >= 11 is 0. The lowest BCUT2D eigenvalue weighted by atomic mass is 10.2. The Morgan fingerprint density at radius 2 is 2.20 bits per heavy atom. The van der Waals surface area contributed by atoms with E-state index < -0.39 is 0 Å². The molecule has 0 aliphatic carbocycles. The monoisotopic (exact) mass is 279 g/mol. The van der Waals surface area contributed by atoms with Gasteiger partial charge in [-0.3, -0.25) is 0 Å². The lowest BCUT2D eigenvalue weighted by molar-refractivity contribution is 0.217. The highest BCUT2D eigenvalue weighted by Crippen LogP contribution is 2.21. The number of aromatic nitrogens is 2. The molecule has 0 saturated heterocycles. The van der Waals surface area contributed by atoms with Gasteiger partial charge in [-0.05, 0) is 18.6 Å². The van der Waals surface area contributed by atoms with E-state index in [1.54, 1.807) is 31.7 Å². The number of fused-ring (bicyclic) bond motifs is 1. The van der Waals surface area contributed by atoms with Crippen LogP contribution in [0.2, 0.25) is 0 Å². The highest BCUT2D eigenvalue weighted by molar-refractivity contribution is 5.79. The number of nitrogen functional groups attached to an aromatic ring is 1. The number of aryl methyl sites for hydroxylation is 1. The van der Waals surface area contributed by atoms with Crippen LogP contribution >= 0.6 is 0 Å². The molecular formula is C13H18FN5O. The molecule has 0 unspecified atom stereocenters. The maximum absolute atomic E-state index is 13.5. The molecule has 0 aliphatic heterocycles. The van der Waals surface area contributed by atoms with Crippen molar-refractivity contribution in [1.29, 1.82) is 0 Å². The van der Waals surface area contributed by atoms with Gasteiger partial charge in [0.1, 0.15) is 5.82 Å². The molecule has 7 heteroatoms. The van der Waals surface area contributed by atoms with Gasteiger partial charge in [0.25, 0.3) is 0 Å². The number of hydrogen-bond donors (Lipinski definition) is 2. The summed E-state index contributed by atoms with van der Waals surface area (Å²) in [7, 11) is 3.34. The number of halogens is 1. The van der Waals surface area contributed by atoms with Crippen LogP contribution < -0.4 is 11.1 Å². The van der Waals surface area contributed by atoms with E-state index in [0.717, 1.165) is 5.52 Å². The molecule has 1 aromatic carbocycles. The van der Waals surface area contributed by atoms with Gasteiger partial charge in [-0.25, -0.2) is 14.2 Å². The molecule has 20 heavy (non-hydrogen) atoms. The summed E-state index contributed by atoms with van der Waals surface area (Å²) < 4.78 is 15.2. The number of anilines is 1. The van der Waals surface area contributed by atoms with Gasteiger partial charge in [0.2, 0.25) is 5.95 Å². The number of carbonyl (C=O) groups excluding carboxylic acids is 1. The molecule has 6 nitrogen and oxygen atoms in total. The van der Waals surface area contributed by atoms with Gasteiger partial charge in [-0.2, -0.15) is 0 Å². The molecule has 3 N–H and O–H groups in total. The number of urea groups is 1. The predicted molar refractivity (Wildman–Crippen MR) is 75.9 cm³/mol. The summed E-state index contributed by atoms with van der Waals surface area (Å²) in [6, 6.07) is 2.91. The zero-order valence-electron chi connectivity index (χ0n) is 11.8. The zero-order valence-corrected chi connectivity index (χ0v) is 11.8. The summed E-state index contributed by atoms with van der Waals surface area (Å²) in [6.07, 6.45) is 0. The van der Waals surface area contributed by atoms with E-state index in [2.05, 4.69) is 10.3 Å². The largest absolute Gasteiger partial charge is 0.369 e. The average Bonchev–Trinajstić information content (AvgIpc) is 2.66. The lowest BCUT2D eigenvalue weighted by Gasteiger charge is -2.13. The molecule has 0 radical (unpaired) electrons. The second kappa shape index (κ2) is 5.36. The van der Waals surface area contributed by atoms with Crippen LogP contribution in [0.3, 0.4) is 0 Å². The van der Waals surface area contributed by atoms with E-state index in [0.29, 0.717) is 30.1 Å². The number of imidazole rings is 1. The fourth-order valence-electron chi connectivity index (χ4n) is 1.94. The highest BCUT2D eigenvalue weighted by Gasteiger charge is 2.11. The van der Waals surface area contributed by atoms with E-state index >= 15 is 0 Å². The van der Waals surface area contributed by atoms with Crippen LogP contribution in [0.25, 0.3) is 11.0 Å². The van der Waals surface area contributed by atoms with Crippen molar-refractivity contribution in [3.63, 3.8) is 0 Å². The van der Waals surface area contributed by atoms with Crippen LogP contribution in [0.5, 0.6) is 0 Å². The van der Waals surface area contributed by atoms with Crippen LogP contribution in [-0.4, -0.2) is 41.1 Å². The number of nitrogens with zero attached hydrogens (tertiary/aromatic N) is 3. The molecule has 1 heterocycles. The summed E-state index contributed by atoms with van der Waals surface area (Å²) in [5.41, 5.74) is 7.66. The van der Waals surface area contributed by atoms with Gasteiger partial charge in [0, 0.05) is 33.3 Å². The number of nitrogens with one attached hydrogen (secondary N) is 1. The van der Waals surface area contributed by atoms with Crippen molar-refractivity contribution in [1.82, 2.24) is 19.8 Å². The van der Waals surface area contributed by atoms with Crippen molar-refractivity contribution in [2.75, 3.05) is 26.4 Å². The summed E-state index contributed by atoms with van der Waals surface area (Å²) in [5.74, 6) is 0.00663. The minimum Gasteiger partial charge on any atom is -0.369 e. The molecule has 0 bridgehead atoms. The Morgan fingerprint density at radius 3 is 2.85 bits per heavy atom. The number of hydrogen-bond acceptors (Lipinski definition) is 3. The topological polar surface area (TPSA) is 76.2 Å². The van der Waals surface area contributed by atoms with Gasteiger partial charge < -0.3 is 20.5 Å². The fraction of sp³-hybridized carbons (Fsp3) is 0.385. The maximum Gasteiger partial charge on any atom is 0.316 e. The Morgan fingerprint density at radius 1 is 1.50 bits per heavy atom. The molecule has 108 valence electrons. The van der Waals surface area contributed by atoms with E-state index in [4.69, 9.17) is 5.73 Å². The second-order valence-corrected chi connectivity index (χ2v) is 4.84. The molecular weight excluding hydrogens is 261 g/mol. The second-order valence-electron chi connectivity index (χ2n) is 4.84. The molecule has 0 aliphatic rings. The number of carbonyl (C=O) groups is 1. The minimum absolute atomic E-state index is 0.171. The van der Waals surface area contributed by atoms with Gasteiger partial charge in [0.05, 0.1) is 11.0 Å². The van der Waals surface area contributed by atoms with Crippen molar-refractivity contribution in [2.24, 2.45) is 0 Å². The molecule has 1 aromatic heterocycles. The van der Waals surface area contributed by atoms with Crippen molar-refractivity contribution < 1.29 is 9.18 Å². The molecule has 0 spiro atoms. The normalized spacial score (nSPS) is 10.8. The van der Waals surface area contributed by atoms with Gasteiger partial charge in [-0.15, -0.1) is 0 Å². The van der Waals surface area contributed by atoms with Gasteiger partial charge >= 0.3 is 6.03 Å². The summed E-state index contributed by atoms with van der Waals surface area (Å²) in [5, 5.41) is 2.75. The zero-order chi connectivity index (χ0) is 14.9. The predicted octanol–water partition coefficient (Wildman–Crippen LogP) is 1.34. The molecule has 2 amide bonds. The summed E-state index contributed by atoms with van der Waals surface area (Å²) in [6.45, 7) is 2.59. The Balaban J connectivity index is 2.19. The average molecular weight is 279 g/mol. The van der Waals surface area contributed by atoms with E-state index in [1.807, 2.05) is 0 Å². The minimum atomic E-state index is -0.303. The quantitative estimate of drug-likeness (QED) is 0.890. The third-order valence-corrected chi connectivity index (χ3v) is 3.08.